The van der Waals surface area contributed by atoms with Gasteiger partial charge in [-0.05, 0) is 31.2 Å². The van der Waals surface area contributed by atoms with Crippen molar-refractivity contribution < 1.29 is 17.9 Å². The van der Waals surface area contributed by atoms with E-state index in [1.165, 1.54) is 6.26 Å². The van der Waals surface area contributed by atoms with Crippen LogP contribution in [0.15, 0.2) is 18.2 Å². The predicted octanol–water partition coefficient (Wildman–Crippen LogP) is 1.05. The largest absolute Gasteiger partial charge is 0.497 e. The molecule has 0 saturated carbocycles. The van der Waals surface area contributed by atoms with E-state index < -0.39 is 10.0 Å². The van der Waals surface area contributed by atoms with Crippen LogP contribution in [0.1, 0.15) is 24.4 Å². The molecule has 6 nitrogen and oxygen atoms in total. The average Bonchev–Trinajstić information content (AvgIpc) is 2.45. The first-order valence-electron chi connectivity index (χ1n) is 6.98. The normalized spacial score (nSPS) is 17.9. The minimum atomic E-state index is -3.10. The van der Waals surface area contributed by atoms with Crippen LogP contribution in [-0.4, -0.2) is 41.5 Å². The second kappa shape index (κ2) is 7.11. The van der Waals surface area contributed by atoms with E-state index >= 15 is 0 Å². The van der Waals surface area contributed by atoms with Crippen LogP contribution in [0.5, 0.6) is 11.5 Å². The number of hydrogen-bond donors (Lipinski definition) is 2. The van der Waals surface area contributed by atoms with Crippen molar-refractivity contribution in [2.24, 2.45) is 0 Å². The Morgan fingerprint density at radius 3 is 2.90 bits per heavy atom. The standard InChI is InChI=1S/C14H22N2O4S/c1-19-11-4-5-14-12(10-11)13(6-9-20-14)15-7-3-8-16-21(2,17)18/h4-5,10,13,15-16H,3,6-9H2,1-2H3. The van der Waals surface area contributed by atoms with Crippen LogP contribution in [0.25, 0.3) is 0 Å². The fourth-order valence-electron chi connectivity index (χ4n) is 2.33. The van der Waals surface area contributed by atoms with Crippen LogP contribution in [0.4, 0.5) is 0 Å². The molecule has 118 valence electrons. The van der Waals surface area contributed by atoms with Gasteiger partial charge in [-0.25, -0.2) is 13.1 Å². The summed E-state index contributed by atoms with van der Waals surface area (Å²) in [5.74, 6) is 1.69. The summed E-state index contributed by atoms with van der Waals surface area (Å²) >= 11 is 0. The number of fused-ring (bicyclic) bond motifs is 1. The van der Waals surface area contributed by atoms with Crippen LogP contribution in [0, 0.1) is 0 Å². The van der Waals surface area contributed by atoms with Gasteiger partial charge in [0.25, 0.3) is 0 Å². The second-order valence-electron chi connectivity index (χ2n) is 5.07. The van der Waals surface area contributed by atoms with Crippen molar-refractivity contribution in [2.45, 2.75) is 18.9 Å². The highest BCUT2D eigenvalue weighted by Gasteiger charge is 2.21. The average molecular weight is 314 g/mol. The number of sulfonamides is 1. The van der Waals surface area contributed by atoms with Crippen molar-refractivity contribution in [3.63, 3.8) is 0 Å². The number of ether oxygens (including phenoxy) is 2. The fraction of sp³-hybridized carbons (Fsp3) is 0.571. The predicted molar refractivity (Wildman–Crippen MR) is 81.3 cm³/mol. The molecule has 0 aliphatic carbocycles. The molecule has 0 radical (unpaired) electrons. The van der Waals surface area contributed by atoms with Crippen LogP contribution in [0.2, 0.25) is 0 Å². The van der Waals surface area contributed by atoms with Crippen molar-refractivity contribution in [3.05, 3.63) is 23.8 Å². The Morgan fingerprint density at radius 2 is 2.19 bits per heavy atom. The van der Waals surface area contributed by atoms with Gasteiger partial charge < -0.3 is 14.8 Å². The van der Waals surface area contributed by atoms with E-state index in [2.05, 4.69) is 10.0 Å². The van der Waals surface area contributed by atoms with Crippen LogP contribution in [0.3, 0.4) is 0 Å². The van der Waals surface area contributed by atoms with Crippen molar-refractivity contribution in [1.82, 2.24) is 10.0 Å². The van der Waals surface area contributed by atoms with Gasteiger partial charge in [0.15, 0.2) is 0 Å². The molecule has 2 rings (SSSR count). The maximum absolute atomic E-state index is 11.0. The molecule has 1 heterocycles. The molecule has 21 heavy (non-hydrogen) atoms. The highest BCUT2D eigenvalue weighted by atomic mass is 32.2. The highest BCUT2D eigenvalue weighted by molar-refractivity contribution is 7.88. The Balaban J connectivity index is 1.88. The van der Waals surface area contributed by atoms with Crippen LogP contribution < -0.4 is 19.5 Å². The Morgan fingerprint density at radius 1 is 1.38 bits per heavy atom. The minimum absolute atomic E-state index is 0.210. The summed E-state index contributed by atoms with van der Waals surface area (Å²) < 4.78 is 35.3. The SMILES string of the molecule is COc1ccc2c(c1)C(NCCCNS(C)(=O)=O)CCO2. The minimum Gasteiger partial charge on any atom is -0.497 e. The van der Waals surface area contributed by atoms with E-state index in [0.717, 1.165) is 36.4 Å². The molecule has 1 aliphatic rings. The van der Waals surface area contributed by atoms with Gasteiger partial charge >= 0.3 is 0 Å². The van der Waals surface area contributed by atoms with Gasteiger partial charge in [0.1, 0.15) is 11.5 Å². The summed E-state index contributed by atoms with van der Waals surface area (Å²) in [6.45, 7) is 1.86. The topological polar surface area (TPSA) is 76.7 Å². The third-order valence-electron chi connectivity index (χ3n) is 3.37. The molecule has 1 unspecified atom stereocenters. The molecule has 0 amide bonds. The van der Waals surface area contributed by atoms with Gasteiger partial charge in [-0.3, -0.25) is 0 Å². The third-order valence-corrected chi connectivity index (χ3v) is 4.09. The Labute approximate surface area is 125 Å². The van der Waals surface area contributed by atoms with E-state index in [1.807, 2.05) is 18.2 Å². The van der Waals surface area contributed by atoms with Crippen molar-refractivity contribution in [2.75, 3.05) is 33.1 Å². The summed E-state index contributed by atoms with van der Waals surface area (Å²) in [7, 11) is -1.46. The molecular formula is C14H22N2O4S. The number of hydrogen-bond acceptors (Lipinski definition) is 5. The molecule has 7 heteroatoms. The third kappa shape index (κ3) is 4.87. The monoisotopic (exact) mass is 314 g/mol. The molecule has 0 aromatic heterocycles. The first-order chi connectivity index (χ1) is 9.99. The second-order valence-corrected chi connectivity index (χ2v) is 6.90. The molecule has 2 N–H and O–H groups in total. The maximum atomic E-state index is 11.0. The van der Waals surface area contributed by atoms with Crippen LogP contribution >= 0.6 is 0 Å². The molecule has 0 bridgehead atoms. The summed E-state index contributed by atoms with van der Waals surface area (Å²) in [6, 6.07) is 6.01. The lowest BCUT2D eigenvalue weighted by Gasteiger charge is -2.27. The number of methoxy groups -OCH3 is 1. The van der Waals surface area contributed by atoms with Gasteiger partial charge in [0.2, 0.25) is 10.0 Å². The maximum Gasteiger partial charge on any atom is 0.208 e. The highest BCUT2D eigenvalue weighted by Crippen LogP contribution is 2.34. The molecular weight excluding hydrogens is 292 g/mol. The molecule has 1 atom stereocenters. The zero-order chi connectivity index (χ0) is 15.3. The summed E-state index contributed by atoms with van der Waals surface area (Å²) in [4.78, 5) is 0. The molecule has 0 fully saturated rings. The van der Waals surface area contributed by atoms with E-state index in [0.29, 0.717) is 13.2 Å². The molecule has 1 aromatic rings. The van der Waals surface area contributed by atoms with Crippen molar-refractivity contribution in [3.8, 4) is 11.5 Å². The van der Waals surface area contributed by atoms with E-state index in [-0.39, 0.29) is 6.04 Å². The number of benzene rings is 1. The van der Waals surface area contributed by atoms with E-state index in [4.69, 9.17) is 9.47 Å². The van der Waals surface area contributed by atoms with E-state index in [1.54, 1.807) is 7.11 Å². The lowest BCUT2D eigenvalue weighted by Crippen LogP contribution is -2.30. The molecule has 0 saturated heterocycles. The van der Waals surface area contributed by atoms with Gasteiger partial charge in [0, 0.05) is 24.6 Å². The zero-order valence-corrected chi connectivity index (χ0v) is 13.2. The first-order valence-corrected chi connectivity index (χ1v) is 8.87. The molecule has 1 aromatic carbocycles. The van der Waals surface area contributed by atoms with Crippen molar-refractivity contribution in [1.29, 1.82) is 0 Å². The quantitative estimate of drug-likeness (QED) is 0.736. The smallest absolute Gasteiger partial charge is 0.208 e. The zero-order valence-electron chi connectivity index (χ0n) is 12.4. The Hall–Kier alpha value is -1.31. The van der Waals surface area contributed by atoms with E-state index in [9.17, 15) is 8.42 Å². The molecule has 0 spiro atoms. The Kier molecular flexibility index (Phi) is 5.44. The summed E-state index contributed by atoms with van der Waals surface area (Å²) in [6.07, 6.45) is 2.80. The summed E-state index contributed by atoms with van der Waals surface area (Å²) in [5, 5.41) is 3.44. The van der Waals surface area contributed by atoms with Crippen molar-refractivity contribution >= 4 is 10.0 Å². The van der Waals surface area contributed by atoms with Crippen LogP contribution in [-0.2, 0) is 10.0 Å². The first kappa shape index (κ1) is 16.1. The lowest BCUT2D eigenvalue weighted by molar-refractivity contribution is 0.251. The van der Waals surface area contributed by atoms with Gasteiger partial charge in [-0.1, -0.05) is 0 Å². The number of rotatable bonds is 7. The molecule has 1 aliphatic heterocycles. The van der Waals surface area contributed by atoms with Gasteiger partial charge in [-0.15, -0.1) is 0 Å². The lowest BCUT2D eigenvalue weighted by atomic mass is 10.00. The van der Waals surface area contributed by atoms with Gasteiger partial charge in [-0.2, -0.15) is 0 Å². The fourth-order valence-corrected chi connectivity index (χ4v) is 2.85. The number of nitrogens with one attached hydrogen (secondary N) is 2. The van der Waals surface area contributed by atoms with Gasteiger partial charge in [0.05, 0.1) is 20.0 Å². The summed E-state index contributed by atoms with van der Waals surface area (Å²) in [5.41, 5.74) is 1.09. The Bertz CT molecular complexity index is 574.